The lowest BCUT2D eigenvalue weighted by atomic mass is 10.1. The lowest BCUT2D eigenvalue weighted by Gasteiger charge is -2.16. The molecule has 1 heterocycles. The Hall–Kier alpha value is -1.97. The molecular weight excluding hydrogens is 262 g/mol. The Morgan fingerprint density at radius 1 is 1.10 bits per heavy atom. The van der Waals surface area contributed by atoms with Gasteiger partial charge in [0.2, 0.25) is 0 Å². The van der Waals surface area contributed by atoms with Crippen LogP contribution in [-0.2, 0) is 0 Å². The molecule has 0 unspecified atom stereocenters. The van der Waals surface area contributed by atoms with E-state index in [1.54, 1.807) is 7.11 Å². The highest BCUT2D eigenvalue weighted by Gasteiger charge is 2.18. The third-order valence-electron chi connectivity index (χ3n) is 4.32. The van der Waals surface area contributed by atoms with E-state index >= 15 is 0 Å². The smallest absolute Gasteiger partial charge is 0.122 e. The van der Waals surface area contributed by atoms with Crippen molar-refractivity contribution in [2.45, 2.75) is 44.6 Å². The van der Waals surface area contributed by atoms with Gasteiger partial charge in [-0.3, -0.25) is 0 Å². The van der Waals surface area contributed by atoms with Gasteiger partial charge < -0.3 is 10.5 Å². The first-order valence-corrected chi connectivity index (χ1v) is 7.77. The molecule has 0 saturated heterocycles. The van der Waals surface area contributed by atoms with Gasteiger partial charge in [0.25, 0.3) is 0 Å². The van der Waals surface area contributed by atoms with E-state index in [1.165, 1.54) is 38.5 Å². The molecule has 1 saturated carbocycles. The maximum absolute atomic E-state index is 6.19. The van der Waals surface area contributed by atoms with E-state index in [2.05, 4.69) is 0 Å². The fourth-order valence-electron chi connectivity index (χ4n) is 3.11. The zero-order chi connectivity index (χ0) is 14.7. The summed E-state index contributed by atoms with van der Waals surface area (Å²) in [5.41, 5.74) is 8.21. The second-order valence-electron chi connectivity index (χ2n) is 5.77. The predicted octanol–water partition coefficient (Wildman–Crippen LogP) is 4.04. The second kappa shape index (κ2) is 6.20. The molecule has 0 radical (unpaired) electrons. The van der Waals surface area contributed by atoms with Crippen LogP contribution in [0, 0.1) is 0 Å². The number of rotatable bonds is 3. The van der Waals surface area contributed by atoms with Crippen LogP contribution in [0.25, 0.3) is 11.3 Å². The van der Waals surface area contributed by atoms with Gasteiger partial charge in [-0.2, -0.15) is 5.10 Å². The molecule has 112 valence electrons. The largest absolute Gasteiger partial charge is 0.497 e. The fourth-order valence-corrected chi connectivity index (χ4v) is 3.11. The Morgan fingerprint density at radius 3 is 2.38 bits per heavy atom. The van der Waals surface area contributed by atoms with Gasteiger partial charge in [0.05, 0.1) is 18.8 Å². The van der Waals surface area contributed by atoms with Crippen LogP contribution in [0.5, 0.6) is 5.75 Å². The topological polar surface area (TPSA) is 53.1 Å². The van der Waals surface area contributed by atoms with Crippen molar-refractivity contribution < 1.29 is 4.74 Å². The van der Waals surface area contributed by atoms with E-state index in [9.17, 15) is 0 Å². The van der Waals surface area contributed by atoms with Crippen molar-refractivity contribution in [1.82, 2.24) is 9.78 Å². The first-order chi connectivity index (χ1) is 10.3. The summed E-state index contributed by atoms with van der Waals surface area (Å²) >= 11 is 0. The molecule has 0 atom stereocenters. The monoisotopic (exact) mass is 285 g/mol. The van der Waals surface area contributed by atoms with Gasteiger partial charge in [-0.05, 0) is 37.1 Å². The van der Waals surface area contributed by atoms with Crippen LogP contribution in [0.15, 0.2) is 30.3 Å². The van der Waals surface area contributed by atoms with E-state index in [0.29, 0.717) is 6.04 Å². The minimum atomic E-state index is 0.458. The van der Waals surface area contributed by atoms with Crippen molar-refractivity contribution in [3.8, 4) is 17.0 Å². The number of anilines is 1. The highest BCUT2D eigenvalue weighted by Crippen LogP contribution is 2.31. The SMILES string of the molecule is COc1ccc(-c2cc(N)n(C3CCCCCC3)n2)cc1. The number of nitrogens with two attached hydrogens (primary N) is 1. The van der Waals surface area contributed by atoms with Gasteiger partial charge >= 0.3 is 0 Å². The summed E-state index contributed by atoms with van der Waals surface area (Å²) in [7, 11) is 1.67. The summed E-state index contributed by atoms with van der Waals surface area (Å²) in [5.74, 6) is 1.63. The second-order valence-corrected chi connectivity index (χ2v) is 5.77. The first-order valence-electron chi connectivity index (χ1n) is 7.77. The Balaban J connectivity index is 1.85. The van der Waals surface area contributed by atoms with E-state index < -0.39 is 0 Å². The fraction of sp³-hybridized carbons (Fsp3) is 0.471. The Kier molecular flexibility index (Phi) is 4.13. The number of ether oxygens (including phenoxy) is 1. The van der Waals surface area contributed by atoms with Crippen molar-refractivity contribution in [2.75, 3.05) is 12.8 Å². The summed E-state index contributed by atoms with van der Waals surface area (Å²) in [6, 6.07) is 10.4. The highest BCUT2D eigenvalue weighted by atomic mass is 16.5. The molecule has 0 spiro atoms. The lowest BCUT2D eigenvalue weighted by molar-refractivity contribution is 0.411. The molecule has 4 nitrogen and oxygen atoms in total. The van der Waals surface area contributed by atoms with Gasteiger partial charge in [0.15, 0.2) is 0 Å². The van der Waals surface area contributed by atoms with E-state index in [1.807, 2.05) is 35.0 Å². The van der Waals surface area contributed by atoms with Crippen LogP contribution in [0.3, 0.4) is 0 Å². The number of nitrogens with zero attached hydrogens (tertiary/aromatic N) is 2. The summed E-state index contributed by atoms with van der Waals surface area (Å²) in [6.45, 7) is 0. The van der Waals surface area contributed by atoms with Crippen LogP contribution < -0.4 is 10.5 Å². The normalized spacial score (nSPS) is 16.6. The molecule has 0 aliphatic heterocycles. The van der Waals surface area contributed by atoms with Crippen molar-refractivity contribution in [1.29, 1.82) is 0 Å². The minimum absolute atomic E-state index is 0.458. The quantitative estimate of drug-likeness (QED) is 0.866. The number of aromatic nitrogens is 2. The zero-order valence-electron chi connectivity index (χ0n) is 12.6. The standard InChI is InChI=1S/C17H23N3O/c1-21-15-10-8-13(9-11-15)16-12-17(18)20(19-16)14-6-4-2-3-5-7-14/h8-12,14H,2-7,18H2,1H3. The zero-order valence-corrected chi connectivity index (χ0v) is 12.6. The van der Waals surface area contributed by atoms with Crippen molar-refractivity contribution in [3.63, 3.8) is 0 Å². The number of hydrogen-bond acceptors (Lipinski definition) is 3. The van der Waals surface area contributed by atoms with Gasteiger partial charge in [0, 0.05) is 11.6 Å². The van der Waals surface area contributed by atoms with E-state index in [0.717, 1.165) is 22.8 Å². The maximum Gasteiger partial charge on any atom is 0.122 e. The molecule has 1 aliphatic rings. The highest BCUT2D eigenvalue weighted by molar-refractivity contribution is 5.63. The lowest BCUT2D eigenvalue weighted by Crippen LogP contribution is -2.12. The van der Waals surface area contributed by atoms with Crippen LogP contribution >= 0.6 is 0 Å². The summed E-state index contributed by atoms with van der Waals surface area (Å²) in [6.07, 6.45) is 7.61. The molecule has 1 aromatic heterocycles. The first kappa shape index (κ1) is 14.0. The summed E-state index contributed by atoms with van der Waals surface area (Å²) in [5, 5.41) is 4.75. The van der Waals surface area contributed by atoms with Crippen molar-refractivity contribution in [3.05, 3.63) is 30.3 Å². The third-order valence-corrected chi connectivity index (χ3v) is 4.32. The molecular formula is C17H23N3O. The van der Waals surface area contributed by atoms with E-state index in [-0.39, 0.29) is 0 Å². The molecule has 3 rings (SSSR count). The van der Waals surface area contributed by atoms with Crippen LogP contribution in [0.2, 0.25) is 0 Å². The molecule has 0 bridgehead atoms. The van der Waals surface area contributed by atoms with Crippen molar-refractivity contribution >= 4 is 5.82 Å². The maximum atomic E-state index is 6.19. The molecule has 1 aromatic carbocycles. The average Bonchev–Trinajstić information content (AvgIpc) is 2.74. The minimum Gasteiger partial charge on any atom is -0.497 e. The van der Waals surface area contributed by atoms with Crippen LogP contribution in [-0.4, -0.2) is 16.9 Å². The molecule has 21 heavy (non-hydrogen) atoms. The molecule has 0 amide bonds. The Bertz CT molecular complexity index is 581. The van der Waals surface area contributed by atoms with Gasteiger partial charge in [-0.1, -0.05) is 25.7 Å². The Morgan fingerprint density at radius 2 is 1.76 bits per heavy atom. The number of benzene rings is 1. The van der Waals surface area contributed by atoms with Gasteiger partial charge in [-0.25, -0.2) is 4.68 Å². The number of methoxy groups -OCH3 is 1. The predicted molar refractivity (Wildman–Crippen MR) is 85.4 cm³/mol. The summed E-state index contributed by atoms with van der Waals surface area (Å²) < 4.78 is 7.23. The summed E-state index contributed by atoms with van der Waals surface area (Å²) in [4.78, 5) is 0. The van der Waals surface area contributed by atoms with Crippen LogP contribution in [0.4, 0.5) is 5.82 Å². The average molecular weight is 285 g/mol. The van der Waals surface area contributed by atoms with Gasteiger partial charge in [0.1, 0.15) is 11.6 Å². The molecule has 4 heteroatoms. The number of hydrogen-bond donors (Lipinski definition) is 1. The van der Waals surface area contributed by atoms with E-state index in [4.69, 9.17) is 15.6 Å². The molecule has 1 aliphatic carbocycles. The molecule has 2 aromatic rings. The third kappa shape index (κ3) is 3.04. The van der Waals surface area contributed by atoms with Crippen LogP contribution in [0.1, 0.15) is 44.6 Å². The molecule has 1 fully saturated rings. The van der Waals surface area contributed by atoms with Gasteiger partial charge in [-0.15, -0.1) is 0 Å². The molecule has 2 N–H and O–H groups in total. The van der Waals surface area contributed by atoms with Crippen molar-refractivity contribution in [2.24, 2.45) is 0 Å². The number of nitrogen functional groups attached to an aromatic ring is 1. The Labute approximate surface area is 125 Å².